The molecule has 2 aliphatic heterocycles. The van der Waals surface area contributed by atoms with Crippen molar-refractivity contribution in [2.45, 2.75) is 25.9 Å². The van der Waals surface area contributed by atoms with Crippen molar-refractivity contribution in [1.29, 1.82) is 0 Å². The Hall–Kier alpha value is -1.03. The minimum atomic E-state index is -2.99. The molecule has 0 spiro atoms. The molecule has 1 amide bonds. The highest BCUT2D eigenvalue weighted by Gasteiger charge is 2.30. The van der Waals surface area contributed by atoms with E-state index in [-0.39, 0.29) is 23.5 Å². The Bertz CT molecular complexity index is 680. The number of rotatable bonds is 4. The molecule has 2 saturated heterocycles. The van der Waals surface area contributed by atoms with Gasteiger partial charge in [0.15, 0.2) is 9.84 Å². The van der Waals surface area contributed by atoms with Crippen molar-refractivity contribution in [3.63, 3.8) is 0 Å². The van der Waals surface area contributed by atoms with E-state index in [4.69, 9.17) is 4.74 Å². The van der Waals surface area contributed by atoms with E-state index in [0.29, 0.717) is 17.0 Å². The topological polar surface area (TPSA) is 88.6 Å². The molecule has 0 aromatic carbocycles. The minimum absolute atomic E-state index is 0.0389. The van der Waals surface area contributed by atoms with Crippen LogP contribution in [0.2, 0.25) is 0 Å². The predicted octanol–water partition coefficient (Wildman–Crippen LogP) is 0.201. The molecule has 1 aromatic rings. The Morgan fingerprint density at radius 3 is 2.83 bits per heavy atom. The van der Waals surface area contributed by atoms with Gasteiger partial charge in [0.05, 0.1) is 37.0 Å². The van der Waals surface area contributed by atoms with Gasteiger partial charge in [-0.3, -0.25) is 9.69 Å². The van der Waals surface area contributed by atoms with Gasteiger partial charge in [-0.2, -0.15) is 0 Å². The Balaban J connectivity index is 1.62. The van der Waals surface area contributed by atoms with Crippen molar-refractivity contribution in [1.82, 2.24) is 15.2 Å². The zero-order chi connectivity index (χ0) is 16.4. The molecule has 0 aliphatic carbocycles. The fraction of sp³-hybridized carbons (Fsp3) is 0.714. The second-order valence-corrected chi connectivity index (χ2v) is 9.30. The van der Waals surface area contributed by atoms with Crippen molar-refractivity contribution in [2.75, 3.05) is 37.8 Å². The molecule has 1 aromatic heterocycles. The largest absolute Gasteiger partial charge is 0.379 e. The number of aromatic nitrogens is 1. The maximum Gasteiger partial charge on any atom is 0.263 e. The summed E-state index contributed by atoms with van der Waals surface area (Å²) < 4.78 is 28.3. The molecule has 0 radical (unpaired) electrons. The molecular weight excluding hydrogens is 338 g/mol. The maximum absolute atomic E-state index is 12.4. The molecule has 7 nitrogen and oxygen atoms in total. The van der Waals surface area contributed by atoms with E-state index in [1.807, 2.05) is 6.92 Å². The first-order valence-corrected chi connectivity index (χ1v) is 10.3. The normalized spacial score (nSPS) is 24.7. The van der Waals surface area contributed by atoms with Gasteiger partial charge < -0.3 is 10.1 Å². The number of thiazole rings is 1. The molecule has 0 bridgehead atoms. The molecular formula is C14H21N3O4S2. The summed E-state index contributed by atoms with van der Waals surface area (Å²) in [5.74, 6) is -0.0191. The lowest BCUT2D eigenvalue weighted by Gasteiger charge is -2.25. The average molecular weight is 359 g/mol. The van der Waals surface area contributed by atoms with Crippen LogP contribution in [0.5, 0.6) is 0 Å². The summed E-state index contributed by atoms with van der Waals surface area (Å²) in [6.07, 6.45) is 0.493. The number of nitrogens with one attached hydrogen (secondary N) is 1. The lowest BCUT2D eigenvalue weighted by Crippen LogP contribution is -2.35. The first kappa shape index (κ1) is 16.8. The van der Waals surface area contributed by atoms with Crippen LogP contribution in [-0.2, 0) is 21.1 Å². The van der Waals surface area contributed by atoms with Crippen LogP contribution in [0.25, 0.3) is 0 Å². The molecule has 1 unspecified atom stereocenters. The Labute approximate surface area is 140 Å². The van der Waals surface area contributed by atoms with Crippen LogP contribution < -0.4 is 5.32 Å². The summed E-state index contributed by atoms with van der Waals surface area (Å²) >= 11 is 1.39. The average Bonchev–Trinajstić information content (AvgIpc) is 3.02. The van der Waals surface area contributed by atoms with Crippen molar-refractivity contribution in [3.05, 3.63) is 15.6 Å². The predicted molar refractivity (Wildman–Crippen MR) is 87.5 cm³/mol. The van der Waals surface area contributed by atoms with E-state index < -0.39 is 9.84 Å². The number of morpholine rings is 1. The highest BCUT2D eigenvalue weighted by molar-refractivity contribution is 7.91. The van der Waals surface area contributed by atoms with Crippen LogP contribution in [0, 0.1) is 6.92 Å². The van der Waals surface area contributed by atoms with Gasteiger partial charge in [0.2, 0.25) is 0 Å². The highest BCUT2D eigenvalue weighted by Crippen LogP contribution is 2.21. The van der Waals surface area contributed by atoms with E-state index in [9.17, 15) is 13.2 Å². The number of amides is 1. The van der Waals surface area contributed by atoms with E-state index in [1.54, 1.807) is 0 Å². The number of sulfone groups is 1. The van der Waals surface area contributed by atoms with Crippen molar-refractivity contribution >= 4 is 27.1 Å². The fourth-order valence-electron chi connectivity index (χ4n) is 2.84. The summed E-state index contributed by atoms with van der Waals surface area (Å²) in [5, 5.41) is 3.74. The van der Waals surface area contributed by atoms with Gasteiger partial charge in [0, 0.05) is 19.1 Å². The van der Waals surface area contributed by atoms with Gasteiger partial charge in [0.1, 0.15) is 9.88 Å². The van der Waals surface area contributed by atoms with Gasteiger partial charge >= 0.3 is 0 Å². The number of hydrogen-bond acceptors (Lipinski definition) is 7. The lowest BCUT2D eigenvalue weighted by molar-refractivity contribution is 0.0341. The number of ether oxygens (including phenoxy) is 1. The second kappa shape index (κ2) is 6.84. The molecule has 0 saturated carbocycles. The maximum atomic E-state index is 12.4. The molecule has 1 atom stereocenters. The Morgan fingerprint density at radius 1 is 1.43 bits per heavy atom. The minimum Gasteiger partial charge on any atom is -0.379 e. The first-order valence-electron chi connectivity index (χ1n) is 7.71. The monoisotopic (exact) mass is 359 g/mol. The Kier molecular flexibility index (Phi) is 5.00. The van der Waals surface area contributed by atoms with Gasteiger partial charge in [-0.05, 0) is 13.3 Å². The molecule has 2 aliphatic rings. The molecule has 1 N–H and O–H groups in total. The van der Waals surface area contributed by atoms with Gasteiger partial charge in [-0.15, -0.1) is 11.3 Å². The van der Waals surface area contributed by atoms with Crippen LogP contribution in [0.1, 0.15) is 26.8 Å². The molecule has 3 heterocycles. The zero-order valence-corrected chi connectivity index (χ0v) is 14.7. The third-order valence-electron chi connectivity index (χ3n) is 4.08. The van der Waals surface area contributed by atoms with Gasteiger partial charge in [-0.25, -0.2) is 13.4 Å². The molecule has 23 heavy (non-hydrogen) atoms. The summed E-state index contributed by atoms with van der Waals surface area (Å²) in [6, 6.07) is -0.281. The molecule has 3 rings (SSSR count). The first-order chi connectivity index (χ1) is 10.9. The molecule has 128 valence electrons. The van der Waals surface area contributed by atoms with Crippen LogP contribution in [0.3, 0.4) is 0 Å². The van der Waals surface area contributed by atoms with Crippen LogP contribution in [0.4, 0.5) is 0 Å². The third kappa shape index (κ3) is 4.28. The number of carbonyl (C=O) groups excluding carboxylic acids is 1. The fourth-order valence-corrected chi connectivity index (χ4v) is 5.52. The van der Waals surface area contributed by atoms with E-state index in [2.05, 4.69) is 15.2 Å². The van der Waals surface area contributed by atoms with E-state index in [0.717, 1.165) is 37.9 Å². The number of hydrogen-bond donors (Lipinski definition) is 1. The SMILES string of the molecule is Cc1nc(CN2CCOCC2)sc1C(=O)NC1CCS(=O)(=O)C1. The quantitative estimate of drug-likeness (QED) is 0.826. The van der Waals surface area contributed by atoms with Crippen molar-refractivity contribution in [3.8, 4) is 0 Å². The standard InChI is InChI=1S/C14H21N3O4S2/c1-10-13(14(18)16-11-2-7-23(19,20)9-11)22-12(15-10)8-17-3-5-21-6-4-17/h11H,2-9H2,1H3,(H,16,18). The van der Waals surface area contributed by atoms with E-state index in [1.165, 1.54) is 11.3 Å². The second-order valence-electron chi connectivity index (χ2n) is 5.98. The summed E-state index contributed by atoms with van der Waals surface area (Å²) in [5.41, 5.74) is 0.705. The molecule has 2 fully saturated rings. The van der Waals surface area contributed by atoms with Crippen molar-refractivity contribution in [2.24, 2.45) is 0 Å². The Morgan fingerprint density at radius 2 is 2.17 bits per heavy atom. The van der Waals surface area contributed by atoms with E-state index >= 15 is 0 Å². The summed E-state index contributed by atoms with van der Waals surface area (Å²) in [7, 11) is -2.99. The number of carbonyl (C=O) groups is 1. The number of aryl methyl sites for hydroxylation is 1. The number of nitrogens with zero attached hydrogens (tertiary/aromatic N) is 2. The van der Waals surface area contributed by atoms with Crippen molar-refractivity contribution < 1.29 is 17.9 Å². The highest BCUT2D eigenvalue weighted by atomic mass is 32.2. The van der Waals surface area contributed by atoms with Gasteiger partial charge in [-0.1, -0.05) is 0 Å². The van der Waals surface area contributed by atoms with Gasteiger partial charge in [0.25, 0.3) is 5.91 Å². The van der Waals surface area contributed by atoms with Crippen LogP contribution >= 0.6 is 11.3 Å². The zero-order valence-electron chi connectivity index (χ0n) is 13.1. The lowest BCUT2D eigenvalue weighted by atomic mass is 10.2. The third-order valence-corrected chi connectivity index (χ3v) is 6.99. The summed E-state index contributed by atoms with van der Waals surface area (Å²) in [4.78, 5) is 19.7. The smallest absolute Gasteiger partial charge is 0.263 e. The van der Waals surface area contributed by atoms with Crippen LogP contribution in [-0.4, -0.2) is 68.1 Å². The van der Waals surface area contributed by atoms with Crippen LogP contribution in [0.15, 0.2) is 0 Å². The molecule has 9 heteroatoms. The summed E-state index contributed by atoms with van der Waals surface area (Å²) in [6.45, 7) is 5.75.